The van der Waals surface area contributed by atoms with Crippen LogP contribution < -0.4 is 10.1 Å². The van der Waals surface area contributed by atoms with Crippen LogP contribution in [-0.2, 0) is 16.0 Å². The number of nitrogens with one attached hydrogen (secondary N) is 1. The lowest BCUT2D eigenvalue weighted by atomic mass is 10.0. The number of aromatic nitrogens is 2. The maximum atomic E-state index is 14.8. The Morgan fingerprint density at radius 1 is 1.15 bits per heavy atom. The van der Waals surface area contributed by atoms with Crippen LogP contribution in [0.25, 0.3) is 11.4 Å². The zero-order chi connectivity index (χ0) is 28.5. The third-order valence-electron chi connectivity index (χ3n) is 7.86. The van der Waals surface area contributed by atoms with E-state index in [9.17, 15) is 14.0 Å². The van der Waals surface area contributed by atoms with Crippen molar-refractivity contribution in [3.05, 3.63) is 29.9 Å². The van der Waals surface area contributed by atoms with Crippen molar-refractivity contribution in [3.63, 3.8) is 0 Å². The number of ether oxygens (including phenoxy) is 1. The van der Waals surface area contributed by atoms with Crippen molar-refractivity contribution in [2.24, 2.45) is 11.8 Å². The van der Waals surface area contributed by atoms with Gasteiger partial charge < -0.3 is 19.5 Å². The van der Waals surface area contributed by atoms with E-state index in [2.05, 4.69) is 34.2 Å². The molecule has 1 aliphatic heterocycles. The van der Waals surface area contributed by atoms with Crippen molar-refractivity contribution in [3.8, 4) is 17.1 Å². The highest BCUT2D eigenvalue weighted by Crippen LogP contribution is 2.29. The molecule has 2 amide bonds. The Morgan fingerprint density at radius 3 is 2.60 bits per heavy atom. The molecular weight excluding hydrogens is 513 g/mol. The SMILES string of the molecule is CC(C)CCC(=O)N[C@H](C)C(=O)N1CCN(CCCOc2ccc(-c3noc(CC4CCCC4)n3)c(F)c2)CC1. The standard InChI is InChI=1S/C30H44FN5O4/c1-21(2)9-12-27(37)32-22(3)30(38)36-16-14-35(15-17-36)13-6-18-39-24-10-11-25(26(31)20-24)29-33-28(40-34-29)19-23-7-4-5-8-23/h10-11,20-23H,4-9,12-19H2,1-3H3,(H,32,37)/t22-/m1/s1. The minimum atomic E-state index is -0.509. The molecule has 1 aromatic heterocycles. The number of amides is 2. The maximum Gasteiger partial charge on any atom is 0.244 e. The lowest BCUT2D eigenvalue weighted by Crippen LogP contribution is -2.54. The van der Waals surface area contributed by atoms with Gasteiger partial charge in [0.2, 0.25) is 23.5 Å². The number of hydrogen-bond donors (Lipinski definition) is 1. The monoisotopic (exact) mass is 557 g/mol. The van der Waals surface area contributed by atoms with Gasteiger partial charge in [0.05, 0.1) is 12.2 Å². The number of carbonyl (C=O) groups excluding carboxylic acids is 2. The fourth-order valence-electron chi connectivity index (χ4n) is 5.41. The van der Waals surface area contributed by atoms with E-state index in [1.165, 1.54) is 31.7 Å². The fourth-order valence-corrected chi connectivity index (χ4v) is 5.41. The van der Waals surface area contributed by atoms with Crippen LogP contribution in [0.2, 0.25) is 0 Å². The third-order valence-corrected chi connectivity index (χ3v) is 7.86. The summed E-state index contributed by atoms with van der Waals surface area (Å²) in [5, 5.41) is 6.82. The number of nitrogens with zero attached hydrogens (tertiary/aromatic N) is 4. The molecule has 0 spiro atoms. The first-order valence-electron chi connectivity index (χ1n) is 14.8. The summed E-state index contributed by atoms with van der Waals surface area (Å²) in [4.78, 5) is 33.3. The Bertz CT molecular complexity index is 1110. The van der Waals surface area contributed by atoms with Gasteiger partial charge in [-0.1, -0.05) is 31.8 Å². The van der Waals surface area contributed by atoms with Gasteiger partial charge in [-0.2, -0.15) is 4.98 Å². The van der Waals surface area contributed by atoms with Crippen LogP contribution in [0.4, 0.5) is 4.39 Å². The highest BCUT2D eigenvalue weighted by molar-refractivity contribution is 5.87. The Hall–Kier alpha value is -3.01. The van der Waals surface area contributed by atoms with E-state index in [1.807, 2.05) is 4.90 Å². The Morgan fingerprint density at radius 2 is 1.90 bits per heavy atom. The molecule has 220 valence electrons. The topological polar surface area (TPSA) is 101 Å². The molecule has 2 fully saturated rings. The molecule has 1 saturated carbocycles. The van der Waals surface area contributed by atoms with Gasteiger partial charge in [0.25, 0.3) is 0 Å². The van der Waals surface area contributed by atoms with E-state index >= 15 is 0 Å². The van der Waals surface area contributed by atoms with Gasteiger partial charge in [0, 0.05) is 51.6 Å². The van der Waals surface area contributed by atoms with E-state index in [0.717, 1.165) is 38.9 Å². The molecule has 40 heavy (non-hydrogen) atoms. The number of rotatable bonds is 13. The Kier molecular flexibility index (Phi) is 10.9. The van der Waals surface area contributed by atoms with E-state index in [1.54, 1.807) is 19.1 Å². The molecule has 2 aromatic rings. The van der Waals surface area contributed by atoms with E-state index in [0.29, 0.717) is 55.2 Å². The minimum absolute atomic E-state index is 0.0304. The molecule has 2 aliphatic rings. The molecule has 4 rings (SSSR count). The number of benzene rings is 1. The summed E-state index contributed by atoms with van der Waals surface area (Å²) < 4.78 is 25.9. The van der Waals surface area contributed by atoms with Gasteiger partial charge in [-0.25, -0.2) is 4.39 Å². The van der Waals surface area contributed by atoms with Gasteiger partial charge in [-0.3, -0.25) is 14.5 Å². The highest BCUT2D eigenvalue weighted by Gasteiger charge is 2.26. The average Bonchev–Trinajstić information content (AvgIpc) is 3.62. The second-order valence-electron chi connectivity index (χ2n) is 11.6. The lowest BCUT2D eigenvalue weighted by Gasteiger charge is -2.36. The lowest BCUT2D eigenvalue weighted by molar-refractivity contribution is -0.137. The molecule has 0 unspecified atom stereocenters. The molecule has 0 bridgehead atoms. The molecular formula is C30H44FN5O4. The highest BCUT2D eigenvalue weighted by atomic mass is 19.1. The van der Waals surface area contributed by atoms with Crippen molar-refractivity contribution in [2.75, 3.05) is 39.3 Å². The summed E-state index contributed by atoms with van der Waals surface area (Å²) in [6.07, 6.45) is 7.68. The van der Waals surface area contributed by atoms with Crippen molar-refractivity contribution in [1.82, 2.24) is 25.3 Å². The van der Waals surface area contributed by atoms with Crippen LogP contribution in [0.1, 0.15) is 71.6 Å². The summed E-state index contributed by atoms with van der Waals surface area (Å²) in [7, 11) is 0. The molecule has 2 heterocycles. The summed E-state index contributed by atoms with van der Waals surface area (Å²) in [5.74, 6) is 1.83. The van der Waals surface area contributed by atoms with Crippen molar-refractivity contribution in [1.29, 1.82) is 0 Å². The van der Waals surface area contributed by atoms with Crippen LogP contribution in [0.3, 0.4) is 0 Å². The van der Waals surface area contributed by atoms with Crippen LogP contribution in [0, 0.1) is 17.7 Å². The molecule has 1 N–H and O–H groups in total. The van der Waals surface area contributed by atoms with Gasteiger partial charge in [0.15, 0.2) is 0 Å². The molecule has 1 saturated heterocycles. The Balaban J connectivity index is 1.13. The summed E-state index contributed by atoms with van der Waals surface area (Å²) in [5.41, 5.74) is 0.311. The van der Waals surface area contributed by atoms with E-state index < -0.39 is 11.9 Å². The third kappa shape index (κ3) is 8.74. The predicted octanol–water partition coefficient (Wildman–Crippen LogP) is 4.46. The first-order chi connectivity index (χ1) is 19.3. The number of hydrogen-bond acceptors (Lipinski definition) is 7. The summed E-state index contributed by atoms with van der Waals surface area (Å²) >= 11 is 0. The second kappa shape index (κ2) is 14.6. The van der Waals surface area contributed by atoms with Gasteiger partial charge in [0.1, 0.15) is 17.6 Å². The zero-order valence-corrected chi connectivity index (χ0v) is 24.2. The Labute approximate surface area is 236 Å². The van der Waals surface area contributed by atoms with Crippen LogP contribution >= 0.6 is 0 Å². The van der Waals surface area contributed by atoms with Crippen LogP contribution in [0.5, 0.6) is 5.75 Å². The van der Waals surface area contributed by atoms with Gasteiger partial charge >= 0.3 is 0 Å². The van der Waals surface area contributed by atoms with Gasteiger partial charge in [-0.15, -0.1) is 0 Å². The first kappa shape index (κ1) is 30.0. The largest absolute Gasteiger partial charge is 0.493 e. The summed E-state index contributed by atoms with van der Waals surface area (Å²) in [6, 6.07) is 4.23. The summed E-state index contributed by atoms with van der Waals surface area (Å²) in [6.45, 7) is 10.0. The minimum Gasteiger partial charge on any atom is -0.493 e. The second-order valence-corrected chi connectivity index (χ2v) is 11.6. The molecule has 10 heteroatoms. The number of carbonyl (C=O) groups is 2. The number of halogens is 1. The van der Waals surface area contributed by atoms with Gasteiger partial charge in [-0.05, 0) is 56.6 Å². The van der Waals surface area contributed by atoms with Crippen molar-refractivity contribution in [2.45, 2.75) is 78.2 Å². The fraction of sp³-hybridized carbons (Fsp3) is 0.667. The zero-order valence-electron chi connectivity index (χ0n) is 24.2. The quantitative estimate of drug-likeness (QED) is 0.363. The molecule has 0 radical (unpaired) electrons. The predicted molar refractivity (Wildman–Crippen MR) is 150 cm³/mol. The smallest absolute Gasteiger partial charge is 0.244 e. The van der Waals surface area contributed by atoms with Crippen LogP contribution in [-0.4, -0.2) is 77.1 Å². The average molecular weight is 558 g/mol. The van der Waals surface area contributed by atoms with E-state index in [4.69, 9.17) is 9.26 Å². The molecule has 9 nitrogen and oxygen atoms in total. The normalized spacial score (nSPS) is 17.4. The molecule has 1 aliphatic carbocycles. The maximum absolute atomic E-state index is 14.8. The van der Waals surface area contributed by atoms with Crippen LogP contribution in [0.15, 0.2) is 22.7 Å². The molecule has 1 aromatic carbocycles. The van der Waals surface area contributed by atoms with Crippen molar-refractivity contribution < 1.29 is 23.2 Å². The van der Waals surface area contributed by atoms with Crippen molar-refractivity contribution >= 4 is 11.8 Å². The van der Waals surface area contributed by atoms with E-state index in [-0.39, 0.29) is 17.6 Å². The first-order valence-corrected chi connectivity index (χ1v) is 14.8. The number of piperazine rings is 1. The molecule has 1 atom stereocenters.